The molecule has 9 heteroatoms. The molecule has 5 N–H and O–H groups in total. The molecule has 0 amide bonds. The predicted octanol–water partition coefficient (Wildman–Crippen LogP) is 1.41. The number of aryl methyl sites for hydroxylation is 1. The van der Waals surface area contributed by atoms with Gasteiger partial charge in [0.2, 0.25) is 0 Å². The molecule has 2 unspecified atom stereocenters. The van der Waals surface area contributed by atoms with Crippen molar-refractivity contribution in [3.63, 3.8) is 0 Å². The molecule has 2 atom stereocenters. The lowest BCUT2D eigenvalue weighted by molar-refractivity contribution is -0.146. The van der Waals surface area contributed by atoms with Crippen LogP contribution >= 0.6 is 0 Å². The SMILES string of the molecule is COC(=O)C1CCCCC(Oc2ccc(/C(N)=C(\C(=O)O)N(C)N)nc2C)C1. The van der Waals surface area contributed by atoms with E-state index in [0.717, 1.165) is 30.7 Å². The number of likely N-dealkylation sites (N-methyl/N-ethyl adjacent to an activating group) is 1. The van der Waals surface area contributed by atoms with E-state index in [1.807, 2.05) is 0 Å². The maximum atomic E-state index is 11.9. The number of methoxy groups -OCH3 is 1. The quantitative estimate of drug-likeness (QED) is 0.215. The molecule has 0 radical (unpaired) electrons. The Balaban J connectivity index is 2.21. The summed E-state index contributed by atoms with van der Waals surface area (Å²) in [4.78, 5) is 27.6. The highest BCUT2D eigenvalue weighted by Gasteiger charge is 2.28. The Labute approximate surface area is 164 Å². The van der Waals surface area contributed by atoms with E-state index < -0.39 is 5.97 Å². The number of pyridine rings is 1. The number of nitrogens with zero attached hydrogens (tertiary/aromatic N) is 2. The molecule has 2 rings (SSSR count). The maximum Gasteiger partial charge on any atom is 0.355 e. The van der Waals surface area contributed by atoms with Gasteiger partial charge in [0, 0.05) is 7.05 Å². The van der Waals surface area contributed by atoms with Crippen molar-refractivity contribution in [1.82, 2.24) is 9.99 Å². The number of rotatable bonds is 6. The molecule has 0 bridgehead atoms. The highest BCUT2D eigenvalue weighted by molar-refractivity contribution is 5.94. The van der Waals surface area contributed by atoms with E-state index >= 15 is 0 Å². The first-order chi connectivity index (χ1) is 13.2. The Morgan fingerprint density at radius 2 is 1.96 bits per heavy atom. The van der Waals surface area contributed by atoms with Crippen molar-refractivity contribution < 1.29 is 24.2 Å². The van der Waals surface area contributed by atoms with Crippen LogP contribution in [0.3, 0.4) is 0 Å². The van der Waals surface area contributed by atoms with Crippen molar-refractivity contribution in [2.45, 2.75) is 45.1 Å². The lowest BCUT2D eigenvalue weighted by atomic mass is 9.99. The molecule has 1 fully saturated rings. The molecule has 0 spiro atoms. The van der Waals surface area contributed by atoms with Gasteiger partial charge in [0.15, 0.2) is 5.70 Å². The second-order valence-electron chi connectivity index (χ2n) is 6.94. The topological polar surface area (TPSA) is 141 Å². The van der Waals surface area contributed by atoms with Gasteiger partial charge < -0.3 is 25.3 Å². The van der Waals surface area contributed by atoms with Gasteiger partial charge in [-0.1, -0.05) is 6.42 Å². The fraction of sp³-hybridized carbons (Fsp3) is 0.526. The minimum Gasteiger partial charge on any atom is -0.489 e. The number of carbonyl (C=O) groups excluding carboxylic acids is 1. The number of hydrogen-bond donors (Lipinski definition) is 3. The first-order valence-corrected chi connectivity index (χ1v) is 9.18. The third kappa shape index (κ3) is 5.13. The molecule has 1 heterocycles. The molecule has 0 aromatic carbocycles. The van der Waals surface area contributed by atoms with Crippen LogP contribution in [0.1, 0.15) is 43.5 Å². The normalized spacial score (nSPS) is 20.6. The van der Waals surface area contributed by atoms with Crippen molar-refractivity contribution in [2.24, 2.45) is 17.5 Å². The Kier molecular flexibility index (Phi) is 7.22. The Hall–Kier alpha value is -2.81. The number of aromatic nitrogens is 1. The van der Waals surface area contributed by atoms with E-state index in [0.29, 0.717) is 23.6 Å². The summed E-state index contributed by atoms with van der Waals surface area (Å²) in [5.74, 6) is 4.52. The molecular weight excluding hydrogens is 364 g/mol. The fourth-order valence-electron chi connectivity index (χ4n) is 3.38. The third-order valence-electron chi connectivity index (χ3n) is 4.83. The van der Waals surface area contributed by atoms with Gasteiger partial charge in [0.05, 0.1) is 36.2 Å². The maximum absolute atomic E-state index is 11.9. The summed E-state index contributed by atoms with van der Waals surface area (Å²) >= 11 is 0. The molecule has 28 heavy (non-hydrogen) atoms. The summed E-state index contributed by atoms with van der Waals surface area (Å²) in [7, 11) is 2.79. The summed E-state index contributed by atoms with van der Waals surface area (Å²) in [6.07, 6.45) is 4.06. The molecule has 1 saturated carbocycles. The van der Waals surface area contributed by atoms with Crippen LogP contribution in [0.25, 0.3) is 5.70 Å². The smallest absolute Gasteiger partial charge is 0.355 e. The van der Waals surface area contributed by atoms with Crippen molar-refractivity contribution in [3.05, 3.63) is 29.2 Å². The summed E-state index contributed by atoms with van der Waals surface area (Å²) in [5, 5.41) is 10.2. The van der Waals surface area contributed by atoms with Gasteiger partial charge in [0.1, 0.15) is 5.75 Å². The molecule has 0 aliphatic heterocycles. The van der Waals surface area contributed by atoms with Crippen molar-refractivity contribution >= 4 is 17.6 Å². The van der Waals surface area contributed by atoms with Crippen LogP contribution in [-0.2, 0) is 14.3 Å². The van der Waals surface area contributed by atoms with Gasteiger partial charge in [-0.15, -0.1) is 0 Å². The van der Waals surface area contributed by atoms with Crippen LogP contribution in [-0.4, -0.2) is 47.3 Å². The molecule has 0 saturated heterocycles. The van der Waals surface area contributed by atoms with Crippen molar-refractivity contribution in [3.8, 4) is 5.75 Å². The number of hydrogen-bond acceptors (Lipinski definition) is 8. The van der Waals surface area contributed by atoms with E-state index in [4.69, 9.17) is 21.1 Å². The van der Waals surface area contributed by atoms with E-state index in [2.05, 4.69) is 4.98 Å². The number of hydrazine groups is 1. The van der Waals surface area contributed by atoms with Crippen molar-refractivity contribution in [2.75, 3.05) is 14.2 Å². The van der Waals surface area contributed by atoms with Gasteiger partial charge in [0.25, 0.3) is 0 Å². The van der Waals surface area contributed by atoms with E-state index in [1.54, 1.807) is 19.1 Å². The van der Waals surface area contributed by atoms with Gasteiger partial charge >= 0.3 is 11.9 Å². The zero-order chi connectivity index (χ0) is 20.8. The van der Waals surface area contributed by atoms with Gasteiger partial charge in [-0.2, -0.15) is 0 Å². The molecule has 1 aliphatic rings. The minimum absolute atomic E-state index is 0.0348. The van der Waals surface area contributed by atoms with Crippen LogP contribution in [0, 0.1) is 12.8 Å². The van der Waals surface area contributed by atoms with Crippen molar-refractivity contribution in [1.29, 1.82) is 0 Å². The second-order valence-corrected chi connectivity index (χ2v) is 6.94. The monoisotopic (exact) mass is 392 g/mol. The van der Waals surface area contributed by atoms with Gasteiger partial charge in [-0.25, -0.2) is 15.6 Å². The summed E-state index contributed by atoms with van der Waals surface area (Å²) in [6, 6.07) is 3.30. The van der Waals surface area contributed by atoms with Crippen LogP contribution < -0.4 is 16.3 Å². The van der Waals surface area contributed by atoms with Gasteiger partial charge in [-0.3, -0.25) is 4.79 Å². The molecular formula is C19H28N4O5. The Morgan fingerprint density at radius 3 is 2.54 bits per heavy atom. The van der Waals surface area contributed by atoms with Crippen LogP contribution in [0.4, 0.5) is 0 Å². The number of esters is 1. The summed E-state index contributed by atoms with van der Waals surface area (Å²) < 4.78 is 11.0. The molecule has 1 aromatic rings. The zero-order valence-corrected chi connectivity index (χ0v) is 16.5. The largest absolute Gasteiger partial charge is 0.489 e. The fourth-order valence-corrected chi connectivity index (χ4v) is 3.38. The van der Waals surface area contributed by atoms with E-state index in [-0.39, 0.29) is 29.4 Å². The molecule has 1 aromatic heterocycles. The number of ether oxygens (including phenoxy) is 2. The average Bonchev–Trinajstić information content (AvgIpc) is 2.87. The van der Waals surface area contributed by atoms with Crippen LogP contribution in [0.15, 0.2) is 17.8 Å². The lowest BCUT2D eigenvalue weighted by Gasteiger charge is -2.21. The lowest BCUT2D eigenvalue weighted by Crippen LogP contribution is -2.32. The summed E-state index contributed by atoms with van der Waals surface area (Å²) in [6.45, 7) is 1.76. The van der Waals surface area contributed by atoms with Gasteiger partial charge in [-0.05, 0) is 44.7 Å². The average molecular weight is 392 g/mol. The highest BCUT2D eigenvalue weighted by Crippen LogP contribution is 2.29. The Bertz CT molecular complexity index is 763. The second kappa shape index (κ2) is 9.41. The van der Waals surface area contributed by atoms with E-state index in [1.165, 1.54) is 14.2 Å². The Morgan fingerprint density at radius 1 is 1.29 bits per heavy atom. The number of carboxylic acid groups (broad SMARTS) is 1. The first kappa shape index (κ1) is 21.5. The highest BCUT2D eigenvalue weighted by atomic mass is 16.5. The number of aliphatic carboxylic acids is 1. The summed E-state index contributed by atoms with van der Waals surface area (Å²) in [5.41, 5.74) is 6.55. The number of nitrogens with two attached hydrogens (primary N) is 2. The number of carboxylic acids is 1. The van der Waals surface area contributed by atoms with Crippen LogP contribution in [0.5, 0.6) is 5.75 Å². The minimum atomic E-state index is -1.24. The van der Waals surface area contributed by atoms with E-state index in [9.17, 15) is 14.7 Å². The zero-order valence-electron chi connectivity index (χ0n) is 16.5. The molecule has 154 valence electrons. The molecule has 1 aliphatic carbocycles. The van der Waals surface area contributed by atoms with Crippen LogP contribution in [0.2, 0.25) is 0 Å². The standard InChI is InChI=1S/C19H28N4O5/c1-11-15(28-13-7-5-4-6-12(10-13)19(26)27-3)9-8-14(22-11)16(20)17(18(24)25)23(2)21/h8-9,12-13H,4-7,10,20-21H2,1-3H3,(H,24,25)/b17-16-. The molecule has 9 nitrogen and oxygen atoms in total. The predicted molar refractivity (Wildman–Crippen MR) is 103 cm³/mol. The number of carbonyl (C=O) groups is 2. The third-order valence-corrected chi connectivity index (χ3v) is 4.83. The first-order valence-electron chi connectivity index (χ1n) is 9.18.